The van der Waals surface area contributed by atoms with E-state index >= 15 is 0 Å². The summed E-state index contributed by atoms with van der Waals surface area (Å²) >= 11 is 0. The number of nitrogens with zero attached hydrogens (tertiary/aromatic N) is 2. The van der Waals surface area contributed by atoms with Crippen molar-refractivity contribution in [3.8, 4) is 11.5 Å². The number of carbonyl (C=O) groups is 2. The number of benzene rings is 2. The molecule has 0 bridgehead atoms. The largest absolute Gasteiger partial charge is 0.496 e. The average molecular weight is 536 g/mol. The molecule has 2 aromatic carbocycles. The van der Waals surface area contributed by atoms with Crippen LogP contribution < -0.4 is 14.8 Å². The maximum absolute atomic E-state index is 13.2. The van der Waals surface area contributed by atoms with Crippen LogP contribution in [-0.4, -0.2) is 62.9 Å². The minimum Gasteiger partial charge on any atom is -0.496 e. The average Bonchev–Trinajstić information content (AvgIpc) is 3.18. The lowest BCUT2D eigenvalue weighted by atomic mass is 10.2. The van der Waals surface area contributed by atoms with Crippen molar-refractivity contribution in [3.63, 3.8) is 0 Å². The SMILES string of the molecule is COc1ccc([N+](=O)[O-])cc1NC(=O)[C@H](C)OC(=O)c1cc(S(=O)(=O)N2CCCCCC2)ccc1OC. The molecule has 1 aliphatic rings. The second-order valence-corrected chi connectivity index (χ2v) is 10.3. The van der Waals surface area contributed by atoms with Gasteiger partial charge in [0.15, 0.2) is 6.10 Å². The molecule has 0 spiro atoms. The lowest BCUT2D eigenvalue weighted by molar-refractivity contribution is -0.384. The molecule has 13 heteroatoms. The lowest BCUT2D eigenvalue weighted by Crippen LogP contribution is -2.32. The standard InChI is InChI=1S/C24H29N3O9S/c1-16(23(28)25-20-14-17(27(30)31)8-10-22(20)35-3)36-24(29)19-15-18(9-11-21(19)34-2)37(32,33)26-12-6-4-5-7-13-26/h8-11,14-16H,4-7,12-13H2,1-3H3,(H,25,28)/t16-/m0/s1. The van der Waals surface area contributed by atoms with Gasteiger partial charge in [0.1, 0.15) is 17.1 Å². The van der Waals surface area contributed by atoms with E-state index in [-0.39, 0.29) is 33.3 Å². The number of sulfonamides is 1. The van der Waals surface area contributed by atoms with Crippen molar-refractivity contribution in [2.75, 3.05) is 32.6 Å². The second-order valence-electron chi connectivity index (χ2n) is 8.36. The van der Waals surface area contributed by atoms with Crippen LogP contribution in [0.4, 0.5) is 11.4 Å². The van der Waals surface area contributed by atoms with Crippen molar-refractivity contribution in [1.29, 1.82) is 0 Å². The van der Waals surface area contributed by atoms with Crippen LogP contribution >= 0.6 is 0 Å². The maximum Gasteiger partial charge on any atom is 0.342 e. The highest BCUT2D eigenvalue weighted by atomic mass is 32.2. The van der Waals surface area contributed by atoms with E-state index in [1.807, 2.05) is 0 Å². The first-order valence-corrected chi connectivity index (χ1v) is 13.0. The Balaban J connectivity index is 1.80. The van der Waals surface area contributed by atoms with Gasteiger partial charge in [0.25, 0.3) is 11.6 Å². The molecule has 12 nitrogen and oxygen atoms in total. The number of nitrogens with one attached hydrogen (secondary N) is 1. The number of amides is 1. The first-order valence-electron chi connectivity index (χ1n) is 11.6. The highest BCUT2D eigenvalue weighted by molar-refractivity contribution is 7.89. The van der Waals surface area contributed by atoms with Crippen LogP contribution in [0, 0.1) is 10.1 Å². The topological polar surface area (TPSA) is 154 Å². The van der Waals surface area contributed by atoms with E-state index in [0.29, 0.717) is 13.1 Å². The van der Waals surface area contributed by atoms with Gasteiger partial charge in [0.05, 0.1) is 29.7 Å². The van der Waals surface area contributed by atoms with Crippen LogP contribution in [0.15, 0.2) is 41.3 Å². The Morgan fingerprint density at radius 3 is 2.22 bits per heavy atom. The van der Waals surface area contributed by atoms with E-state index < -0.39 is 32.9 Å². The molecule has 1 fully saturated rings. The van der Waals surface area contributed by atoms with Crippen LogP contribution in [0.1, 0.15) is 43.0 Å². The molecule has 0 aromatic heterocycles. The number of nitro benzene ring substituents is 1. The molecule has 37 heavy (non-hydrogen) atoms. The Bertz CT molecular complexity index is 1270. The Morgan fingerprint density at radius 1 is 1.00 bits per heavy atom. The number of esters is 1. The minimum atomic E-state index is -3.85. The number of hydrogen-bond acceptors (Lipinski definition) is 9. The predicted molar refractivity (Wildman–Crippen MR) is 133 cm³/mol. The summed E-state index contributed by atoms with van der Waals surface area (Å²) in [6.07, 6.45) is 2.08. The summed E-state index contributed by atoms with van der Waals surface area (Å²) in [4.78, 5) is 36.0. The van der Waals surface area contributed by atoms with E-state index in [2.05, 4.69) is 5.32 Å². The van der Waals surface area contributed by atoms with Crippen LogP contribution in [0.5, 0.6) is 11.5 Å². The molecular weight excluding hydrogens is 506 g/mol. The quantitative estimate of drug-likeness (QED) is 0.289. The van der Waals surface area contributed by atoms with Gasteiger partial charge in [-0.2, -0.15) is 4.31 Å². The highest BCUT2D eigenvalue weighted by Crippen LogP contribution is 2.30. The number of nitro groups is 1. The van der Waals surface area contributed by atoms with Crippen molar-refractivity contribution in [2.45, 2.75) is 43.6 Å². The third kappa shape index (κ3) is 6.54. The van der Waals surface area contributed by atoms with Crippen molar-refractivity contribution >= 4 is 33.3 Å². The van der Waals surface area contributed by atoms with Crippen molar-refractivity contribution in [3.05, 3.63) is 52.1 Å². The minimum absolute atomic E-state index is 0.0210. The van der Waals surface area contributed by atoms with E-state index in [1.165, 1.54) is 55.8 Å². The molecule has 0 saturated carbocycles. The molecule has 1 amide bonds. The zero-order valence-electron chi connectivity index (χ0n) is 20.8. The lowest BCUT2D eigenvalue weighted by Gasteiger charge is -2.21. The molecule has 200 valence electrons. The van der Waals surface area contributed by atoms with Crippen LogP contribution in [-0.2, 0) is 19.6 Å². The van der Waals surface area contributed by atoms with Crippen LogP contribution in [0.2, 0.25) is 0 Å². The van der Waals surface area contributed by atoms with Crippen molar-refractivity contribution < 1.29 is 37.1 Å². The summed E-state index contributed by atoms with van der Waals surface area (Å²) in [5, 5.41) is 13.5. The first kappa shape index (κ1) is 27.9. The number of anilines is 1. The van der Waals surface area contributed by atoms with E-state index in [1.54, 1.807) is 0 Å². The number of methoxy groups -OCH3 is 2. The van der Waals surface area contributed by atoms with Gasteiger partial charge in [0.2, 0.25) is 10.0 Å². The molecule has 3 rings (SSSR count). The predicted octanol–water partition coefficient (Wildman–Crippen LogP) is 3.36. The van der Waals surface area contributed by atoms with E-state index in [0.717, 1.165) is 31.7 Å². The van der Waals surface area contributed by atoms with Crippen LogP contribution in [0.3, 0.4) is 0 Å². The molecule has 1 saturated heterocycles. The summed E-state index contributed by atoms with van der Waals surface area (Å²) in [6.45, 7) is 2.10. The van der Waals surface area contributed by atoms with Crippen molar-refractivity contribution in [1.82, 2.24) is 4.31 Å². The number of non-ortho nitro benzene ring substituents is 1. The fourth-order valence-electron chi connectivity index (χ4n) is 3.86. The highest BCUT2D eigenvalue weighted by Gasteiger charge is 2.29. The number of hydrogen-bond donors (Lipinski definition) is 1. The third-order valence-corrected chi connectivity index (χ3v) is 7.79. The Labute approximate surface area is 214 Å². The zero-order chi connectivity index (χ0) is 27.2. The number of carbonyl (C=O) groups excluding carboxylic acids is 2. The van der Waals surface area contributed by atoms with Gasteiger partial charge in [-0.25, -0.2) is 13.2 Å². The van der Waals surface area contributed by atoms with E-state index in [9.17, 15) is 28.1 Å². The summed E-state index contributed by atoms with van der Waals surface area (Å²) < 4.78 is 43.4. The monoisotopic (exact) mass is 535 g/mol. The molecule has 1 N–H and O–H groups in total. The Hall–Kier alpha value is -3.71. The van der Waals surface area contributed by atoms with E-state index in [4.69, 9.17) is 14.2 Å². The summed E-state index contributed by atoms with van der Waals surface area (Å²) in [5.74, 6) is -1.50. The Kier molecular flexibility index (Phi) is 9.05. The molecule has 1 atom stereocenters. The Morgan fingerprint density at radius 2 is 1.62 bits per heavy atom. The first-order chi connectivity index (χ1) is 17.6. The normalized spacial score (nSPS) is 15.2. The van der Waals surface area contributed by atoms with Gasteiger partial charge in [-0.15, -0.1) is 0 Å². The molecule has 0 unspecified atom stereocenters. The smallest absolute Gasteiger partial charge is 0.342 e. The van der Waals surface area contributed by atoms with Gasteiger partial charge in [-0.1, -0.05) is 12.8 Å². The van der Waals surface area contributed by atoms with Gasteiger partial charge < -0.3 is 19.5 Å². The number of rotatable bonds is 9. The van der Waals surface area contributed by atoms with Gasteiger partial charge in [-0.05, 0) is 44.0 Å². The molecule has 2 aromatic rings. The van der Waals surface area contributed by atoms with Gasteiger partial charge in [-0.3, -0.25) is 14.9 Å². The molecule has 1 heterocycles. The fourth-order valence-corrected chi connectivity index (χ4v) is 5.40. The van der Waals surface area contributed by atoms with Gasteiger partial charge >= 0.3 is 5.97 Å². The summed E-state index contributed by atoms with van der Waals surface area (Å²) in [7, 11) is -1.20. The second kappa shape index (κ2) is 12.0. The fraction of sp³-hybridized carbons (Fsp3) is 0.417. The van der Waals surface area contributed by atoms with Crippen molar-refractivity contribution in [2.24, 2.45) is 0 Å². The maximum atomic E-state index is 13.2. The molecule has 1 aliphatic heterocycles. The summed E-state index contributed by atoms with van der Waals surface area (Å²) in [5.41, 5.74) is -0.411. The number of ether oxygens (including phenoxy) is 3. The third-order valence-electron chi connectivity index (χ3n) is 5.90. The summed E-state index contributed by atoms with van der Waals surface area (Å²) in [6, 6.07) is 7.56. The zero-order valence-corrected chi connectivity index (χ0v) is 21.6. The molecule has 0 radical (unpaired) electrons. The van der Waals surface area contributed by atoms with Gasteiger partial charge in [0, 0.05) is 25.2 Å². The molecular formula is C24H29N3O9S. The molecule has 0 aliphatic carbocycles. The van der Waals surface area contributed by atoms with Crippen LogP contribution in [0.25, 0.3) is 0 Å².